The summed E-state index contributed by atoms with van der Waals surface area (Å²) in [6, 6.07) is 88.4. The zero-order chi connectivity index (χ0) is 43.6. The minimum absolute atomic E-state index is 0. The molecule has 0 saturated carbocycles. The SMILES string of the molecule is Cc1c(C)c(C)[c-]([Si](c2cc(-c3ccccc3)ccc2-c2ccccc2)(c2cc(-c3ccccc3)ccc2-c2ccccc2)c2cc(-c3ccccc3)ccc2-c2ccccc2)c1C.[Cl-].[Cl-].[Cl-].[Ti+4]. The number of halogens is 3. The molecular weight excluding hydrogens is 939 g/mol. The van der Waals surface area contributed by atoms with Gasteiger partial charge in [-0.05, 0) is 82.3 Å². The molecule has 0 heterocycles. The second kappa shape index (κ2) is 22.5. The second-order valence-corrected chi connectivity index (χ2v) is 20.7. The molecule has 0 atom stereocenters. The van der Waals surface area contributed by atoms with Crippen molar-refractivity contribution in [1.82, 2.24) is 0 Å². The van der Waals surface area contributed by atoms with E-state index < -0.39 is 8.07 Å². The summed E-state index contributed by atoms with van der Waals surface area (Å²) in [5.41, 5.74) is 20.2. The summed E-state index contributed by atoms with van der Waals surface area (Å²) < 4.78 is 0. The largest absolute Gasteiger partial charge is 4.00 e. The molecule has 0 saturated heterocycles. The Bertz CT molecular complexity index is 2900. The molecule has 0 aromatic heterocycles. The van der Waals surface area contributed by atoms with Crippen molar-refractivity contribution in [3.63, 3.8) is 0 Å². The maximum absolute atomic E-state index is 3.57. The summed E-state index contributed by atoms with van der Waals surface area (Å²) in [5.74, 6) is 0. The zero-order valence-electron chi connectivity index (χ0n) is 38.7. The van der Waals surface area contributed by atoms with Crippen molar-refractivity contribution in [2.75, 3.05) is 0 Å². The van der Waals surface area contributed by atoms with Crippen LogP contribution in [0.15, 0.2) is 237 Å². The predicted octanol–water partition coefficient (Wildman–Crippen LogP) is 5.03. The van der Waals surface area contributed by atoms with E-state index >= 15 is 0 Å². The Labute approximate surface area is 437 Å². The molecule has 0 bridgehead atoms. The van der Waals surface area contributed by atoms with Crippen molar-refractivity contribution in [3.05, 3.63) is 259 Å². The molecule has 0 aliphatic rings. The maximum Gasteiger partial charge on any atom is 4.00 e. The molecule has 0 spiro atoms. The van der Waals surface area contributed by atoms with Crippen LogP contribution in [-0.4, -0.2) is 8.07 Å². The quantitative estimate of drug-likeness (QED) is 0.103. The minimum Gasteiger partial charge on any atom is -1.00 e. The Kier molecular flexibility index (Phi) is 17.0. The Hall–Kier alpha value is -5.87. The van der Waals surface area contributed by atoms with Gasteiger partial charge in [0.05, 0.1) is 0 Å². The fraction of sp³-hybridized carbons (Fsp3) is 0.0635. The average molecular weight is 990 g/mol. The molecule has 0 unspecified atom stereocenters. The van der Waals surface area contributed by atoms with E-state index in [0.29, 0.717) is 0 Å². The fourth-order valence-electron chi connectivity index (χ4n) is 10.2. The molecule has 0 aliphatic carbocycles. The van der Waals surface area contributed by atoms with Crippen LogP contribution >= 0.6 is 0 Å². The molecule has 0 radical (unpaired) electrons. The minimum atomic E-state index is -3.57. The van der Waals surface area contributed by atoms with Gasteiger partial charge in [-0.25, -0.2) is 0 Å². The van der Waals surface area contributed by atoms with Crippen LogP contribution in [0.2, 0.25) is 0 Å². The van der Waals surface area contributed by atoms with Gasteiger partial charge in [-0.3, -0.25) is 0 Å². The smallest absolute Gasteiger partial charge is 1.00 e. The number of hydrogen-bond donors (Lipinski definition) is 0. The summed E-state index contributed by atoms with van der Waals surface area (Å²) in [4.78, 5) is 0. The summed E-state index contributed by atoms with van der Waals surface area (Å²) in [7, 11) is -3.57. The molecular formula is C63H51Cl3SiTi. The van der Waals surface area contributed by atoms with Crippen LogP contribution in [0.3, 0.4) is 0 Å². The second-order valence-electron chi connectivity index (χ2n) is 17.1. The molecule has 0 fully saturated rings. The third-order valence-electron chi connectivity index (χ3n) is 13.7. The van der Waals surface area contributed by atoms with Gasteiger partial charge in [0.15, 0.2) is 0 Å². The third-order valence-corrected chi connectivity index (χ3v) is 18.8. The van der Waals surface area contributed by atoms with Gasteiger partial charge in [-0.2, -0.15) is 22.3 Å². The van der Waals surface area contributed by atoms with Gasteiger partial charge < -0.3 is 37.2 Å². The molecule has 68 heavy (non-hydrogen) atoms. The topological polar surface area (TPSA) is 0 Å². The Balaban J connectivity index is 0.00000190. The van der Waals surface area contributed by atoms with Gasteiger partial charge in [-0.1, -0.05) is 264 Å². The van der Waals surface area contributed by atoms with Crippen molar-refractivity contribution < 1.29 is 58.9 Å². The number of rotatable bonds is 10. The van der Waals surface area contributed by atoms with Gasteiger partial charge in [0, 0.05) is 0 Å². The van der Waals surface area contributed by atoms with Crippen LogP contribution in [0.1, 0.15) is 22.3 Å². The van der Waals surface area contributed by atoms with E-state index in [1.807, 2.05) is 0 Å². The van der Waals surface area contributed by atoms with E-state index in [0.717, 1.165) is 0 Å². The number of hydrogen-bond acceptors (Lipinski definition) is 0. The molecule has 10 aromatic carbocycles. The van der Waals surface area contributed by atoms with Gasteiger partial charge in [0.25, 0.3) is 0 Å². The van der Waals surface area contributed by atoms with Crippen LogP contribution in [-0.2, 0) is 21.7 Å². The van der Waals surface area contributed by atoms with Crippen molar-refractivity contribution >= 4 is 28.8 Å². The zero-order valence-corrected chi connectivity index (χ0v) is 43.5. The van der Waals surface area contributed by atoms with Crippen molar-refractivity contribution in [2.45, 2.75) is 27.7 Å². The Morgan fingerprint density at radius 3 is 0.721 bits per heavy atom. The van der Waals surface area contributed by atoms with E-state index in [1.54, 1.807) is 0 Å². The first-order chi connectivity index (χ1) is 31.4. The Morgan fingerprint density at radius 1 is 0.265 bits per heavy atom. The molecule has 5 heteroatoms. The summed E-state index contributed by atoms with van der Waals surface area (Å²) in [6.45, 7) is 9.50. The summed E-state index contributed by atoms with van der Waals surface area (Å²) in [6.07, 6.45) is 0. The standard InChI is InChI=1S/C63H51Si.3ClH.Ti/c1-44-45(2)47(4)63(46(44)3)64(60-41-54(48-23-11-5-12-24-48)35-38-57(60)51-29-17-8-18-30-51,61-42-55(49-25-13-6-14-26-49)36-39-58(61)52-31-19-9-20-32-52)62-43-56(50-27-15-7-16-28-50)37-40-59(62)53-33-21-10-22-34-53;;;;/h5-43H,1-4H3;3*1H;/q-1;;;;+4/p-3. The predicted molar refractivity (Wildman–Crippen MR) is 277 cm³/mol. The average Bonchev–Trinajstić information content (AvgIpc) is 3.57. The molecule has 0 aliphatic heterocycles. The van der Waals surface area contributed by atoms with E-state index in [9.17, 15) is 0 Å². The first kappa shape index (κ1) is 51.5. The van der Waals surface area contributed by atoms with Gasteiger partial charge >= 0.3 is 21.7 Å². The first-order valence-corrected chi connectivity index (χ1v) is 24.4. The van der Waals surface area contributed by atoms with Crippen LogP contribution in [0.5, 0.6) is 0 Å². The van der Waals surface area contributed by atoms with Crippen molar-refractivity contribution in [2.24, 2.45) is 0 Å². The van der Waals surface area contributed by atoms with Crippen LogP contribution in [0.25, 0.3) is 66.8 Å². The summed E-state index contributed by atoms with van der Waals surface area (Å²) in [5, 5.41) is 5.60. The van der Waals surface area contributed by atoms with Crippen LogP contribution in [0, 0.1) is 27.7 Å². The molecule has 10 aromatic rings. The van der Waals surface area contributed by atoms with Gasteiger partial charge in [0.2, 0.25) is 0 Å². The summed E-state index contributed by atoms with van der Waals surface area (Å²) >= 11 is 0. The van der Waals surface area contributed by atoms with Crippen LogP contribution in [0.4, 0.5) is 0 Å². The number of benzene rings is 9. The van der Waals surface area contributed by atoms with Gasteiger partial charge in [0.1, 0.15) is 8.07 Å². The van der Waals surface area contributed by atoms with E-state index in [1.165, 1.54) is 110 Å². The molecule has 0 amide bonds. The van der Waals surface area contributed by atoms with E-state index in [-0.39, 0.29) is 58.9 Å². The monoisotopic (exact) mass is 988 g/mol. The van der Waals surface area contributed by atoms with Crippen molar-refractivity contribution in [1.29, 1.82) is 0 Å². The molecule has 0 N–H and O–H groups in total. The van der Waals surface area contributed by atoms with Crippen molar-refractivity contribution in [3.8, 4) is 66.8 Å². The van der Waals surface area contributed by atoms with Gasteiger partial charge in [-0.15, -0.1) is 5.19 Å². The van der Waals surface area contributed by atoms with E-state index in [2.05, 4.69) is 264 Å². The van der Waals surface area contributed by atoms with Crippen LogP contribution < -0.4 is 58.0 Å². The third kappa shape index (κ3) is 9.45. The molecule has 0 nitrogen and oxygen atoms in total. The first-order valence-electron chi connectivity index (χ1n) is 22.4. The normalized spacial score (nSPS) is 10.8. The maximum atomic E-state index is 2.59. The van der Waals surface area contributed by atoms with E-state index in [4.69, 9.17) is 0 Å². The fourth-order valence-corrected chi connectivity index (χ4v) is 16.4. The Morgan fingerprint density at radius 2 is 0.485 bits per heavy atom. The molecule has 10 rings (SSSR count). The molecule has 332 valence electrons.